The van der Waals surface area contributed by atoms with Gasteiger partial charge in [-0.15, -0.1) is 0 Å². The maximum Gasteiger partial charge on any atom is 0.123 e. The molecule has 1 fully saturated rings. The molecule has 1 aliphatic rings. The molecule has 1 aliphatic carbocycles. The zero-order chi connectivity index (χ0) is 14.5. The molecule has 0 heterocycles. The molecule has 112 valence electrons. The van der Waals surface area contributed by atoms with Crippen molar-refractivity contribution in [2.24, 2.45) is 11.8 Å². The van der Waals surface area contributed by atoms with Gasteiger partial charge in [-0.1, -0.05) is 25.4 Å². The zero-order valence-electron chi connectivity index (χ0n) is 12.5. The van der Waals surface area contributed by atoms with Crippen LogP contribution in [0.3, 0.4) is 0 Å². The monoisotopic (exact) mass is 297 g/mol. The summed E-state index contributed by atoms with van der Waals surface area (Å²) in [7, 11) is 0. The molecule has 1 saturated carbocycles. The van der Waals surface area contributed by atoms with Gasteiger partial charge in [0.1, 0.15) is 5.82 Å². The summed E-state index contributed by atoms with van der Waals surface area (Å²) >= 11 is 6.22. The number of nitrogens with one attached hydrogen (secondary N) is 1. The van der Waals surface area contributed by atoms with Crippen molar-refractivity contribution in [2.45, 2.75) is 52.0 Å². The van der Waals surface area contributed by atoms with E-state index < -0.39 is 0 Å². The minimum atomic E-state index is -0.189. The van der Waals surface area contributed by atoms with Crippen LogP contribution in [0.4, 0.5) is 4.39 Å². The number of benzene rings is 1. The van der Waals surface area contributed by atoms with Crippen LogP contribution in [0.1, 0.15) is 45.1 Å². The molecular formula is C17H25ClFN. The van der Waals surface area contributed by atoms with E-state index in [1.54, 1.807) is 12.1 Å². The van der Waals surface area contributed by atoms with Gasteiger partial charge in [0.15, 0.2) is 0 Å². The first-order valence-corrected chi connectivity index (χ1v) is 8.15. The first-order valence-electron chi connectivity index (χ1n) is 7.77. The molecule has 3 heteroatoms. The van der Waals surface area contributed by atoms with Gasteiger partial charge in [0.2, 0.25) is 0 Å². The number of hydrogen-bond donors (Lipinski definition) is 1. The molecule has 0 bridgehead atoms. The van der Waals surface area contributed by atoms with Crippen LogP contribution in [0.2, 0.25) is 5.02 Å². The summed E-state index contributed by atoms with van der Waals surface area (Å²) in [6.07, 6.45) is 5.74. The van der Waals surface area contributed by atoms with Gasteiger partial charge in [0.05, 0.1) is 0 Å². The lowest BCUT2D eigenvalue weighted by molar-refractivity contribution is 0.212. The Labute approximate surface area is 126 Å². The molecule has 3 atom stereocenters. The summed E-state index contributed by atoms with van der Waals surface area (Å²) in [5.74, 6) is 1.13. The lowest BCUT2D eigenvalue weighted by Crippen LogP contribution is -2.41. The van der Waals surface area contributed by atoms with Crippen LogP contribution in [0.5, 0.6) is 0 Å². The maximum atomic E-state index is 13.4. The van der Waals surface area contributed by atoms with E-state index in [1.165, 1.54) is 25.3 Å². The Kier molecular flexibility index (Phi) is 5.86. The highest BCUT2D eigenvalue weighted by molar-refractivity contribution is 6.31. The Hall–Kier alpha value is -0.600. The van der Waals surface area contributed by atoms with Crippen molar-refractivity contribution >= 4 is 11.6 Å². The van der Waals surface area contributed by atoms with E-state index in [2.05, 4.69) is 19.2 Å². The molecule has 1 aromatic carbocycles. The van der Waals surface area contributed by atoms with Gasteiger partial charge in [-0.3, -0.25) is 0 Å². The fourth-order valence-electron chi connectivity index (χ4n) is 3.30. The second-order valence-corrected chi connectivity index (χ2v) is 6.59. The third-order valence-corrected chi connectivity index (χ3v) is 4.76. The van der Waals surface area contributed by atoms with E-state index in [4.69, 9.17) is 11.6 Å². The topological polar surface area (TPSA) is 12.0 Å². The fraction of sp³-hybridized carbons (Fsp3) is 0.647. The van der Waals surface area contributed by atoms with Gasteiger partial charge >= 0.3 is 0 Å². The van der Waals surface area contributed by atoms with E-state index in [-0.39, 0.29) is 5.82 Å². The number of rotatable bonds is 5. The number of halogens is 2. The highest BCUT2D eigenvalue weighted by Gasteiger charge is 2.28. The molecule has 0 radical (unpaired) electrons. The van der Waals surface area contributed by atoms with Crippen LogP contribution < -0.4 is 5.32 Å². The van der Waals surface area contributed by atoms with Crippen molar-refractivity contribution in [3.63, 3.8) is 0 Å². The summed E-state index contributed by atoms with van der Waals surface area (Å²) in [5.41, 5.74) is 0.953. The van der Waals surface area contributed by atoms with Crippen LogP contribution in [0, 0.1) is 17.7 Å². The average molecular weight is 298 g/mol. The minimum absolute atomic E-state index is 0.189. The predicted octanol–water partition coefficient (Wildman–Crippen LogP) is 4.83. The van der Waals surface area contributed by atoms with Gasteiger partial charge in [-0.25, -0.2) is 4.39 Å². The van der Waals surface area contributed by atoms with Gasteiger partial charge in [0, 0.05) is 11.1 Å². The predicted molar refractivity (Wildman–Crippen MR) is 83.7 cm³/mol. The van der Waals surface area contributed by atoms with Crippen molar-refractivity contribution in [3.05, 3.63) is 34.6 Å². The summed E-state index contributed by atoms with van der Waals surface area (Å²) < 4.78 is 13.4. The standard InChI is InChI=1S/C17H25ClFN/c1-3-8-20-17-7-4-12(2)9-14(17)10-13-11-15(19)5-6-16(13)18/h5-6,11-12,14,17,20H,3-4,7-10H2,1-2H3. The van der Waals surface area contributed by atoms with E-state index in [1.807, 2.05) is 0 Å². The second kappa shape index (κ2) is 7.42. The van der Waals surface area contributed by atoms with E-state index in [0.717, 1.165) is 30.9 Å². The third-order valence-electron chi connectivity index (χ3n) is 4.39. The lowest BCUT2D eigenvalue weighted by atomic mass is 9.76. The van der Waals surface area contributed by atoms with Crippen LogP contribution in [-0.4, -0.2) is 12.6 Å². The Morgan fingerprint density at radius 3 is 2.90 bits per heavy atom. The van der Waals surface area contributed by atoms with Gasteiger partial charge < -0.3 is 5.32 Å². The van der Waals surface area contributed by atoms with Crippen molar-refractivity contribution < 1.29 is 4.39 Å². The highest BCUT2D eigenvalue weighted by atomic mass is 35.5. The second-order valence-electron chi connectivity index (χ2n) is 6.18. The summed E-state index contributed by atoms with van der Waals surface area (Å²) in [6, 6.07) is 5.25. The van der Waals surface area contributed by atoms with Crippen molar-refractivity contribution in [1.29, 1.82) is 0 Å². The van der Waals surface area contributed by atoms with Crippen molar-refractivity contribution in [2.75, 3.05) is 6.54 Å². The molecule has 1 N–H and O–H groups in total. The molecule has 0 amide bonds. The third kappa shape index (κ3) is 4.20. The van der Waals surface area contributed by atoms with Gasteiger partial charge in [-0.2, -0.15) is 0 Å². The normalized spacial score (nSPS) is 26.7. The summed E-state index contributed by atoms with van der Waals surface area (Å²) in [5, 5.41) is 4.35. The SMILES string of the molecule is CCCNC1CCC(C)CC1Cc1cc(F)ccc1Cl. The molecule has 0 aromatic heterocycles. The Morgan fingerprint density at radius 1 is 1.35 bits per heavy atom. The van der Waals surface area contributed by atoms with E-state index in [0.29, 0.717) is 17.0 Å². The Morgan fingerprint density at radius 2 is 2.15 bits per heavy atom. The first kappa shape index (κ1) is 15.8. The first-order chi connectivity index (χ1) is 9.60. The van der Waals surface area contributed by atoms with E-state index >= 15 is 0 Å². The molecule has 2 rings (SSSR count). The highest BCUT2D eigenvalue weighted by Crippen LogP contribution is 2.33. The molecule has 1 nitrogen and oxygen atoms in total. The molecule has 1 aromatic rings. The molecule has 0 aliphatic heterocycles. The van der Waals surface area contributed by atoms with Crippen LogP contribution in [0.15, 0.2) is 18.2 Å². The summed E-state index contributed by atoms with van der Waals surface area (Å²) in [4.78, 5) is 0. The smallest absolute Gasteiger partial charge is 0.123 e. The zero-order valence-corrected chi connectivity index (χ0v) is 13.2. The van der Waals surface area contributed by atoms with Gasteiger partial charge in [-0.05, 0) is 74.2 Å². The molecule has 20 heavy (non-hydrogen) atoms. The molecule has 0 saturated heterocycles. The fourth-order valence-corrected chi connectivity index (χ4v) is 3.50. The number of hydrogen-bond acceptors (Lipinski definition) is 1. The quantitative estimate of drug-likeness (QED) is 0.821. The molecule has 3 unspecified atom stereocenters. The van der Waals surface area contributed by atoms with Crippen LogP contribution in [0.25, 0.3) is 0 Å². The summed E-state index contributed by atoms with van der Waals surface area (Å²) in [6.45, 7) is 5.57. The van der Waals surface area contributed by atoms with Crippen LogP contribution >= 0.6 is 11.6 Å². The van der Waals surface area contributed by atoms with E-state index in [9.17, 15) is 4.39 Å². The Bertz CT molecular complexity index is 433. The largest absolute Gasteiger partial charge is 0.314 e. The van der Waals surface area contributed by atoms with Crippen LogP contribution in [-0.2, 0) is 6.42 Å². The molecular weight excluding hydrogens is 273 g/mol. The van der Waals surface area contributed by atoms with Crippen molar-refractivity contribution in [3.8, 4) is 0 Å². The maximum absolute atomic E-state index is 13.4. The minimum Gasteiger partial charge on any atom is -0.314 e. The molecule has 0 spiro atoms. The average Bonchev–Trinajstić information content (AvgIpc) is 2.42. The van der Waals surface area contributed by atoms with Gasteiger partial charge in [0.25, 0.3) is 0 Å². The Balaban J connectivity index is 2.08. The lowest BCUT2D eigenvalue weighted by Gasteiger charge is -2.36. The van der Waals surface area contributed by atoms with Crippen molar-refractivity contribution in [1.82, 2.24) is 5.32 Å².